The van der Waals surface area contributed by atoms with Crippen molar-refractivity contribution in [2.75, 3.05) is 14.2 Å². The van der Waals surface area contributed by atoms with Crippen LogP contribution in [0.5, 0.6) is 5.75 Å². The number of hydrogen-bond donors (Lipinski definition) is 0. The lowest BCUT2D eigenvalue weighted by Crippen LogP contribution is -2.51. The first kappa shape index (κ1) is 17.9. The number of esters is 1. The zero-order chi connectivity index (χ0) is 18.9. The Morgan fingerprint density at radius 1 is 1.31 bits per heavy atom. The van der Waals surface area contributed by atoms with Crippen molar-refractivity contribution in [2.45, 2.75) is 25.5 Å². The fourth-order valence-electron chi connectivity index (χ4n) is 3.21. The largest absolute Gasteiger partial charge is 0.494 e. The van der Waals surface area contributed by atoms with E-state index in [1.807, 2.05) is 12.1 Å². The van der Waals surface area contributed by atoms with Crippen LogP contribution in [0, 0.1) is 5.82 Å². The molecule has 0 aliphatic carbocycles. The molecule has 0 fully saturated rings. The van der Waals surface area contributed by atoms with Gasteiger partial charge in [0.2, 0.25) is 0 Å². The third-order valence-electron chi connectivity index (χ3n) is 4.52. The van der Waals surface area contributed by atoms with Gasteiger partial charge in [0.1, 0.15) is 0 Å². The van der Waals surface area contributed by atoms with E-state index in [0.717, 1.165) is 5.56 Å². The van der Waals surface area contributed by atoms with Crippen LogP contribution in [-0.4, -0.2) is 36.5 Å². The molecule has 0 N–H and O–H groups in total. The number of benzene rings is 2. The first-order valence-electron chi connectivity index (χ1n) is 8.23. The minimum absolute atomic E-state index is 0.146. The van der Waals surface area contributed by atoms with Gasteiger partial charge in [-0.05, 0) is 36.2 Å². The minimum Gasteiger partial charge on any atom is -0.494 e. The topological polar surface area (TPSA) is 55.8 Å². The monoisotopic (exact) mass is 357 g/mol. The molecule has 1 heterocycles. The summed E-state index contributed by atoms with van der Waals surface area (Å²) >= 11 is 0. The lowest BCUT2D eigenvalue weighted by atomic mass is 9.89. The molecule has 0 radical (unpaired) electrons. The summed E-state index contributed by atoms with van der Waals surface area (Å²) in [5.41, 5.74) is 0.594. The number of methoxy groups -OCH3 is 1. The van der Waals surface area contributed by atoms with Gasteiger partial charge in [0, 0.05) is 20.0 Å². The van der Waals surface area contributed by atoms with Gasteiger partial charge < -0.3 is 14.4 Å². The van der Waals surface area contributed by atoms with Gasteiger partial charge in [-0.15, -0.1) is 0 Å². The quantitative estimate of drug-likeness (QED) is 0.790. The van der Waals surface area contributed by atoms with E-state index in [4.69, 9.17) is 9.47 Å². The van der Waals surface area contributed by atoms with Crippen LogP contribution in [0.1, 0.15) is 28.4 Å². The number of rotatable bonds is 4. The van der Waals surface area contributed by atoms with Crippen LogP contribution in [0.25, 0.3) is 0 Å². The highest BCUT2D eigenvalue weighted by Crippen LogP contribution is 2.30. The zero-order valence-corrected chi connectivity index (χ0v) is 14.9. The van der Waals surface area contributed by atoms with Crippen LogP contribution < -0.4 is 4.74 Å². The summed E-state index contributed by atoms with van der Waals surface area (Å²) < 4.78 is 24.2. The fraction of sp³-hybridized carbons (Fsp3) is 0.300. The maximum absolute atomic E-state index is 13.9. The van der Waals surface area contributed by atoms with E-state index in [0.29, 0.717) is 17.5 Å². The summed E-state index contributed by atoms with van der Waals surface area (Å²) in [5.74, 6) is -1.19. The van der Waals surface area contributed by atoms with E-state index in [-0.39, 0.29) is 18.2 Å². The Labute approximate surface area is 151 Å². The molecule has 0 saturated carbocycles. The van der Waals surface area contributed by atoms with Crippen molar-refractivity contribution >= 4 is 11.9 Å². The SMILES string of the molecule is COc1ccc(CN(C)C(=O)C2(C)Cc3ccccc3C(=O)O2)cc1F. The second kappa shape index (κ2) is 6.78. The Bertz CT molecular complexity index is 867. The van der Waals surface area contributed by atoms with E-state index in [1.165, 1.54) is 24.1 Å². The van der Waals surface area contributed by atoms with E-state index >= 15 is 0 Å². The van der Waals surface area contributed by atoms with Crippen LogP contribution in [0.3, 0.4) is 0 Å². The average Bonchev–Trinajstić information content (AvgIpc) is 2.61. The zero-order valence-electron chi connectivity index (χ0n) is 14.9. The number of amides is 1. The number of nitrogens with zero attached hydrogens (tertiary/aromatic N) is 1. The second-order valence-electron chi connectivity index (χ2n) is 6.58. The second-order valence-corrected chi connectivity index (χ2v) is 6.58. The molecule has 5 nitrogen and oxygen atoms in total. The summed E-state index contributed by atoms with van der Waals surface area (Å²) in [5, 5.41) is 0. The minimum atomic E-state index is -1.29. The molecule has 3 rings (SSSR count). The van der Waals surface area contributed by atoms with Gasteiger partial charge in [-0.25, -0.2) is 9.18 Å². The molecule has 1 unspecified atom stereocenters. The standard InChI is InChI=1S/C20H20FNO4/c1-20(11-14-6-4-5-7-15(14)18(23)26-20)19(24)22(2)12-13-8-9-17(25-3)16(21)10-13/h4-10H,11-12H2,1-3H3. The molecule has 0 spiro atoms. The number of hydrogen-bond acceptors (Lipinski definition) is 4. The number of cyclic esters (lactones) is 1. The Kier molecular flexibility index (Phi) is 4.68. The van der Waals surface area contributed by atoms with Crippen molar-refractivity contribution < 1.29 is 23.5 Å². The molecule has 26 heavy (non-hydrogen) atoms. The number of fused-ring (bicyclic) bond motifs is 1. The summed E-state index contributed by atoms with van der Waals surface area (Å²) in [6, 6.07) is 11.6. The van der Waals surface area contributed by atoms with Gasteiger partial charge in [-0.3, -0.25) is 4.79 Å². The number of halogens is 1. The van der Waals surface area contributed by atoms with Crippen molar-refractivity contribution in [3.63, 3.8) is 0 Å². The Balaban J connectivity index is 1.78. The Morgan fingerprint density at radius 2 is 2.04 bits per heavy atom. The molecule has 136 valence electrons. The van der Waals surface area contributed by atoms with Gasteiger partial charge in [0.15, 0.2) is 17.2 Å². The van der Waals surface area contributed by atoms with E-state index in [1.54, 1.807) is 32.2 Å². The lowest BCUT2D eigenvalue weighted by Gasteiger charge is -2.36. The van der Waals surface area contributed by atoms with Crippen molar-refractivity contribution in [2.24, 2.45) is 0 Å². The average molecular weight is 357 g/mol. The molecule has 1 atom stereocenters. The third kappa shape index (κ3) is 3.27. The predicted octanol–water partition coefficient (Wildman–Crippen LogP) is 2.96. The highest BCUT2D eigenvalue weighted by atomic mass is 19.1. The molecule has 1 aliphatic heterocycles. The molecule has 0 saturated heterocycles. The van der Waals surface area contributed by atoms with Crippen LogP contribution in [0.15, 0.2) is 42.5 Å². The fourth-order valence-corrected chi connectivity index (χ4v) is 3.21. The van der Waals surface area contributed by atoms with Crippen molar-refractivity contribution in [3.8, 4) is 5.75 Å². The number of carbonyl (C=O) groups excluding carboxylic acids is 2. The number of ether oxygens (including phenoxy) is 2. The Hall–Kier alpha value is -2.89. The maximum atomic E-state index is 13.9. The molecule has 1 amide bonds. The van der Waals surface area contributed by atoms with Gasteiger partial charge in [0.05, 0.1) is 12.7 Å². The van der Waals surface area contributed by atoms with E-state index in [9.17, 15) is 14.0 Å². The molecule has 2 aromatic rings. The van der Waals surface area contributed by atoms with Crippen molar-refractivity contribution in [1.29, 1.82) is 0 Å². The van der Waals surface area contributed by atoms with Gasteiger partial charge in [0.25, 0.3) is 5.91 Å². The summed E-state index contributed by atoms with van der Waals surface area (Å²) in [6.07, 6.45) is 0.301. The van der Waals surface area contributed by atoms with Gasteiger partial charge in [-0.1, -0.05) is 24.3 Å². The smallest absolute Gasteiger partial charge is 0.339 e. The van der Waals surface area contributed by atoms with E-state index in [2.05, 4.69) is 0 Å². The lowest BCUT2D eigenvalue weighted by molar-refractivity contribution is -0.150. The third-order valence-corrected chi connectivity index (χ3v) is 4.52. The molecule has 6 heteroatoms. The van der Waals surface area contributed by atoms with E-state index < -0.39 is 17.4 Å². The first-order valence-corrected chi connectivity index (χ1v) is 8.23. The molecule has 0 bridgehead atoms. The summed E-state index contributed by atoms with van der Waals surface area (Å²) in [4.78, 5) is 26.6. The van der Waals surface area contributed by atoms with Crippen molar-refractivity contribution in [3.05, 3.63) is 65.0 Å². The number of carbonyl (C=O) groups is 2. The molecular formula is C20H20FNO4. The van der Waals surface area contributed by atoms with Crippen LogP contribution in [-0.2, 0) is 22.5 Å². The maximum Gasteiger partial charge on any atom is 0.339 e. The van der Waals surface area contributed by atoms with Crippen LogP contribution in [0.4, 0.5) is 4.39 Å². The molecule has 1 aliphatic rings. The first-order chi connectivity index (χ1) is 12.3. The van der Waals surface area contributed by atoms with Crippen molar-refractivity contribution in [1.82, 2.24) is 4.90 Å². The summed E-state index contributed by atoms with van der Waals surface area (Å²) in [7, 11) is 2.99. The summed E-state index contributed by atoms with van der Waals surface area (Å²) in [6.45, 7) is 1.79. The van der Waals surface area contributed by atoms with Gasteiger partial charge in [-0.2, -0.15) is 0 Å². The predicted molar refractivity (Wildman–Crippen MR) is 93.4 cm³/mol. The molecular weight excluding hydrogens is 337 g/mol. The van der Waals surface area contributed by atoms with Crippen LogP contribution >= 0.6 is 0 Å². The molecule has 2 aromatic carbocycles. The van der Waals surface area contributed by atoms with Gasteiger partial charge >= 0.3 is 5.97 Å². The van der Waals surface area contributed by atoms with Crippen LogP contribution in [0.2, 0.25) is 0 Å². The highest BCUT2D eigenvalue weighted by molar-refractivity contribution is 5.97. The highest BCUT2D eigenvalue weighted by Gasteiger charge is 2.44. The number of likely N-dealkylation sites (N-methyl/N-ethyl adjacent to an activating group) is 1. The normalized spacial score (nSPS) is 18.7. The molecule has 0 aromatic heterocycles. The Morgan fingerprint density at radius 3 is 2.73 bits per heavy atom.